The second-order valence-corrected chi connectivity index (χ2v) is 7.34. The van der Waals surface area contributed by atoms with Crippen molar-refractivity contribution in [1.29, 1.82) is 0 Å². The summed E-state index contributed by atoms with van der Waals surface area (Å²) < 4.78 is 41.2. The predicted octanol–water partition coefficient (Wildman–Crippen LogP) is 5.04. The number of halogens is 2. The summed E-state index contributed by atoms with van der Waals surface area (Å²) >= 11 is 0. The molecule has 28 heavy (non-hydrogen) atoms. The Hall–Kier alpha value is -2.11. The van der Waals surface area contributed by atoms with Gasteiger partial charge in [-0.15, -0.1) is 0 Å². The van der Waals surface area contributed by atoms with Crippen molar-refractivity contribution in [2.75, 3.05) is 0 Å². The molecule has 0 unspecified atom stereocenters. The van der Waals surface area contributed by atoms with E-state index in [-0.39, 0.29) is 19.6 Å². The molecule has 1 fully saturated rings. The lowest BCUT2D eigenvalue weighted by Gasteiger charge is -2.43. The van der Waals surface area contributed by atoms with E-state index in [1.165, 1.54) is 0 Å². The van der Waals surface area contributed by atoms with Crippen LogP contribution in [0.2, 0.25) is 0 Å². The standard InChI is InChI=1S/C23H26F2O3/c1-3-19-16(2)20(27-14-17-10-6-4-7-11-17)21(22(26)23(19,24)25)28-15-18-12-8-5-9-13-18/h4-13,16,19-21H,3,14-15H2,1-2H3/t16-,19-,20+,21-/m1/s1. The molecular weight excluding hydrogens is 362 g/mol. The van der Waals surface area contributed by atoms with E-state index in [9.17, 15) is 13.6 Å². The predicted molar refractivity (Wildman–Crippen MR) is 103 cm³/mol. The molecule has 0 N–H and O–H groups in total. The summed E-state index contributed by atoms with van der Waals surface area (Å²) in [4.78, 5) is 12.6. The van der Waals surface area contributed by atoms with Crippen LogP contribution < -0.4 is 0 Å². The average molecular weight is 388 g/mol. The first-order valence-corrected chi connectivity index (χ1v) is 9.68. The number of alkyl halides is 2. The maximum absolute atomic E-state index is 14.7. The molecule has 2 aromatic rings. The third kappa shape index (κ3) is 4.31. The number of benzene rings is 2. The zero-order valence-electron chi connectivity index (χ0n) is 16.2. The molecule has 150 valence electrons. The van der Waals surface area contributed by atoms with Crippen LogP contribution in [0.3, 0.4) is 0 Å². The molecule has 0 bridgehead atoms. The Balaban J connectivity index is 1.80. The molecule has 5 heteroatoms. The molecule has 0 saturated heterocycles. The molecule has 0 radical (unpaired) electrons. The van der Waals surface area contributed by atoms with Crippen LogP contribution in [0, 0.1) is 11.8 Å². The second-order valence-electron chi connectivity index (χ2n) is 7.34. The highest BCUT2D eigenvalue weighted by atomic mass is 19.3. The fraction of sp³-hybridized carbons (Fsp3) is 0.435. The van der Waals surface area contributed by atoms with E-state index in [2.05, 4.69) is 0 Å². The van der Waals surface area contributed by atoms with Crippen LogP contribution in [-0.2, 0) is 27.5 Å². The van der Waals surface area contributed by atoms with Crippen molar-refractivity contribution in [1.82, 2.24) is 0 Å². The first-order chi connectivity index (χ1) is 13.4. The van der Waals surface area contributed by atoms with E-state index in [1.807, 2.05) is 60.7 Å². The highest BCUT2D eigenvalue weighted by Gasteiger charge is 2.60. The van der Waals surface area contributed by atoms with E-state index in [4.69, 9.17) is 9.47 Å². The van der Waals surface area contributed by atoms with Gasteiger partial charge in [0.25, 0.3) is 0 Å². The van der Waals surface area contributed by atoms with Gasteiger partial charge in [0.15, 0.2) is 0 Å². The Kier molecular flexibility index (Phi) is 6.57. The Labute approximate surface area is 164 Å². The molecule has 1 aliphatic rings. The van der Waals surface area contributed by atoms with Gasteiger partial charge in [-0.3, -0.25) is 4.79 Å². The lowest BCUT2D eigenvalue weighted by molar-refractivity contribution is -0.210. The van der Waals surface area contributed by atoms with Gasteiger partial charge in [-0.1, -0.05) is 74.5 Å². The third-order valence-electron chi connectivity index (χ3n) is 5.50. The van der Waals surface area contributed by atoms with Crippen LogP contribution in [0.5, 0.6) is 0 Å². The zero-order valence-corrected chi connectivity index (χ0v) is 16.2. The highest BCUT2D eigenvalue weighted by molar-refractivity contribution is 5.91. The van der Waals surface area contributed by atoms with E-state index in [0.717, 1.165) is 11.1 Å². The van der Waals surface area contributed by atoms with Gasteiger partial charge in [0, 0.05) is 5.92 Å². The first kappa shape index (κ1) is 20.6. The van der Waals surface area contributed by atoms with E-state index < -0.39 is 35.7 Å². The molecule has 4 atom stereocenters. The number of ether oxygens (including phenoxy) is 2. The highest BCUT2D eigenvalue weighted by Crippen LogP contribution is 2.44. The monoisotopic (exact) mass is 388 g/mol. The molecule has 0 aromatic heterocycles. The van der Waals surface area contributed by atoms with Gasteiger partial charge in [0.05, 0.1) is 19.3 Å². The lowest BCUT2D eigenvalue weighted by atomic mass is 9.72. The topological polar surface area (TPSA) is 35.5 Å². The summed E-state index contributed by atoms with van der Waals surface area (Å²) in [5.74, 6) is -6.16. The van der Waals surface area contributed by atoms with E-state index >= 15 is 0 Å². The van der Waals surface area contributed by atoms with Crippen LogP contribution in [0.4, 0.5) is 8.78 Å². The summed E-state index contributed by atoms with van der Waals surface area (Å²) in [6.07, 6.45) is -1.81. The van der Waals surface area contributed by atoms with Gasteiger partial charge in [-0.25, -0.2) is 0 Å². The van der Waals surface area contributed by atoms with Crippen molar-refractivity contribution >= 4 is 5.78 Å². The Morgan fingerprint density at radius 1 is 0.893 bits per heavy atom. The molecule has 1 saturated carbocycles. The van der Waals surface area contributed by atoms with Gasteiger partial charge < -0.3 is 9.47 Å². The molecule has 3 rings (SSSR count). The molecule has 1 aliphatic carbocycles. The number of Topliss-reactive ketones (excluding diaryl/α,β-unsaturated/α-hetero) is 1. The summed E-state index contributed by atoms with van der Waals surface area (Å²) in [5, 5.41) is 0. The first-order valence-electron chi connectivity index (χ1n) is 9.68. The fourth-order valence-corrected chi connectivity index (χ4v) is 3.92. The number of hydrogen-bond donors (Lipinski definition) is 0. The number of rotatable bonds is 7. The average Bonchev–Trinajstić information content (AvgIpc) is 2.71. The zero-order chi connectivity index (χ0) is 20.1. The summed E-state index contributed by atoms with van der Waals surface area (Å²) in [5.41, 5.74) is 1.75. The fourth-order valence-electron chi connectivity index (χ4n) is 3.92. The molecule has 0 aliphatic heterocycles. The third-order valence-corrected chi connectivity index (χ3v) is 5.50. The minimum atomic E-state index is -3.41. The number of carbonyl (C=O) groups excluding carboxylic acids is 1. The Bertz CT molecular complexity index is 764. The molecular formula is C23H26F2O3. The normalized spacial score (nSPS) is 26.9. The van der Waals surface area contributed by atoms with Crippen molar-refractivity contribution in [2.45, 2.75) is 51.6 Å². The van der Waals surface area contributed by atoms with Crippen LogP contribution in [-0.4, -0.2) is 23.9 Å². The molecule has 0 heterocycles. The quantitative estimate of drug-likeness (QED) is 0.667. The smallest absolute Gasteiger partial charge is 0.311 e. The lowest BCUT2D eigenvalue weighted by Crippen LogP contribution is -2.60. The van der Waals surface area contributed by atoms with E-state index in [0.29, 0.717) is 0 Å². The minimum absolute atomic E-state index is 0.0854. The minimum Gasteiger partial charge on any atom is -0.370 e. The van der Waals surface area contributed by atoms with Gasteiger partial charge >= 0.3 is 5.92 Å². The maximum Gasteiger partial charge on any atom is 0.311 e. The van der Waals surface area contributed by atoms with Crippen LogP contribution in [0.1, 0.15) is 31.4 Å². The Morgan fingerprint density at radius 2 is 1.39 bits per heavy atom. The van der Waals surface area contributed by atoms with Gasteiger partial charge in [-0.05, 0) is 23.5 Å². The summed E-state index contributed by atoms with van der Waals surface area (Å²) in [6.45, 7) is 3.74. The molecule has 3 nitrogen and oxygen atoms in total. The van der Waals surface area contributed by atoms with Gasteiger partial charge in [0.1, 0.15) is 6.10 Å². The SMILES string of the molecule is CC[C@@H]1[C@@H](C)[C@H](OCc2ccccc2)[C@@H](OCc2ccccc2)C(=O)C1(F)F. The number of hydrogen-bond acceptors (Lipinski definition) is 3. The van der Waals surface area contributed by atoms with Crippen molar-refractivity contribution in [3.8, 4) is 0 Å². The number of carbonyl (C=O) groups is 1. The Morgan fingerprint density at radius 3 is 1.89 bits per heavy atom. The van der Waals surface area contributed by atoms with Crippen LogP contribution in [0.25, 0.3) is 0 Å². The van der Waals surface area contributed by atoms with Gasteiger partial charge in [0.2, 0.25) is 5.78 Å². The van der Waals surface area contributed by atoms with Crippen molar-refractivity contribution in [3.05, 3.63) is 71.8 Å². The molecule has 0 spiro atoms. The largest absolute Gasteiger partial charge is 0.370 e. The maximum atomic E-state index is 14.7. The van der Waals surface area contributed by atoms with Crippen LogP contribution >= 0.6 is 0 Å². The summed E-state index contributed by atoms with van der Waals surface area (Å²) in [7, 11) is 0. The van der Waals surface area contributed by atoms with E-state index in [1.54, 1.807) is 13.8 Å². The second kappa shape index (κ2) is 8.93. The van der Waals surface area contributed by atoms with Crippen molar-refractivity contribution in [2.24, 2.45) is 11.8 Å². The molecule has 0 amide bonds. The molecule has 2 aromatic carbocycles. The van der Waals surface area contributed by atoms with Crippen LogP contribution in [0.15, 0.2) is 60.7 Å². The van der Waals surface area contributed by atoms with Crippen molar-refractivity contribution < 1.29 is 23.0 Å². The number of ketones is 1. The van der Waals surface area contributed by atoms with Crippen molar-refractivity contribution in [3.63, 3.8) is 0 Å². The van der Waals surface area contributed by atoms with Gasteiger partial charge in [-0.2, -0.15) is 8.78 Å². The summed E-state index contributed by atoms with van der Waals surface area (Å²) in [6, 6.07) is 18.7.